The van der Waals surface area contributed by atoms with E-state index >= 15 is 0 Å². The molecule has 327 valence electrons. The Kier molecular flexibility index (Phi) is 19.7. The molecular weight excluding hydrogens is 1020 g/mol. The second kappa shape index (κ2) is 23.7. The summed E-state index contributed by atoms with van der Waals surface area (Å²) in [5.74, 6) is 2.23. The number of H-pyrrole nitrogens is 3. The van der Waals surface area contributed by atoms with Crippen LogP contribution < -0.4 is 41.4 Å². The Morgan fingerprint density at radius 2 is 1.13 bits per heavy atom. The Labute approximate surface area is 384 Å². The Morgan fingerprint density at radius 3 is 1.53 bits per heavy atom. The van der Waals surface area contributed by atoms with Gasteiger partial charge in [-0.1, -0.05) is 62.3 Å². The maximum Gasteiger partial charge on any atom is 0.349 e. The highest BCUT2D eigenvalue weighted by atomic mass is 79.9. The van der Waals surface area contributed by atoms with E-state index < -0.39 is 46.7 Å². The van der Waals surface area contributed by atoms with Gasteiger partial charge in [-0.2, -0.15) is 14.9 Å². The number of aromatic nitrogens is 8. The quantitative estimate of drug-likeness (QED) is 0.0630. The first-order chi connectivity index (χ1) is 28.9. The lowest BCUT2D eigenvalue weighted by Crippen LogP contribution is -2.34. The van der Waals surface area contributed by atoms with Gasteiger partial charge >= 0.3 is 11.4 Å². The van der Waals surface area contributed by atoms with Gasteiger partial charge in [-0.05, 0) is 36.8 Å². The van der Waals surface area contributed by atoms with Gasteiger partial charge in [0.25, 0.3) is 24.0 Å². The third-order valence-electron chi connectivity index (χ3n) is 7.10. The zero-order valence-corrected chi connectivity index (χ0v) is 37.8. The third kappa shape index (κ3) is 13.4. The SMILES string of the molecule is COc1cnc(Oc2c(Cl)cc(-n3nc(C(F)F)c(=O)[nH]c3=O)cc2Cl)cc1SC.COc1cnc(Oc2c(Cl)cc(Br)cc2Cl)cc1SC.O=c1[nH]nc(C(F)F)c(=O)[nH]1.[B]. The van der Waals surface area contributed by atoms with E-state index in [1.54, 1.807) is 52.6 Å². The van der Waals surface area contributed by atoms with Crippen molar-refractivity contribution in [2.24, 2.45) is 0 Å². The lowest BCUT2D eigenvalue weighted by molar-refractivity contribution is 0.141. The van der Waals surface area contributed by atoms with Crippen LogP contribution in [-0.4, -0.2) is 75.1 Å². The van der Waals surface area contributed by atoms with Gasteiger partial charge in [0, 0.05) is 25.0 Å². The lowest BCUT2D eigenvalue weighted by Gasteiger charge is -2.13. The lowest BCUT2D eigenvalue weighted by atomic mass is 10.3. The van der Waals surface area contributed by atoms with Crippen LogP contribution in [0.2, 0.25) is 20.1 Å². The predicted molar refractivity (Wildman–Crippen MR) is 231 cm³/mol. The maximum absolute atomic E-state index is 12.9. The fourth-order valence-corrected chi connectivity index (χ4v) is 7.34. The molecule has 0 bridgehead atoms. The zero-order chi connectivity index (χ0) is 45.1. The maximum atomic E-state index is 12.9. The Morgan fingerprint density at radius 1 is 0.694 bits per heavy atom. The molecular formula is C34H25BBrCl4F4N8O8S2. The fourth-order valence-electron chi connectivity index (χ4n) is 4.39. The molecule has 2 aromatic carbocycles. The van der Waals surface area contributed by atoms with Gasteiger partial charge in [-0.25, -0.2) is 42.2 Å². The highest BCUT2D eigenvalue weighted by Gasteiger charge is 2.20. The van der Waals surface area contributed by atoms with Crippen LogP contribution in [0.3, 0.4) is 0 Å². The van der Waals surface area contributed by atoms with Crippen LogP contribution in [0.25, 0.3) is 5.69 Å². The monoisotopic (exact) mass is 1040 g/mol. The molecule has 62 heavy (non-hydrogen) atoms. The number of rotatable bonds is 11. The average molecular weight is 1050 g/mol. The van der Waals surface area contributed by atoms with E-state index in [-0.39, 0.29) is 35.8 Å². The minimum absolute atomic E-state index is 0. The number of pyridine rings is 2. The summed E-state index contributed by atoms with van der Waals surface area (Å²) in [6, 6.07) is 9.27. The summed E-state index contributed by atoms with van der Waals surface area (Å²) < 4.78 is 72.5. The summed E-state index contributed by atoms with van der Waals surface area (Å²) in [5, 5.41) is 8.66. The molecule has 0 aliphatic rings. The summed E-state index contributed by atoms with van der Waals surface area (Å²) in [6.07, 6.45) is 0.700. The van der Waals surface area contributed by atoms with Crippen molar-refractivity contribution in [1.29, 1.82) is 0 Å². The van der Waals surface area contributed by atoms with Gasteiger partial charge in [0.1, 0.15) is 0 Å². The number of aromatic amines is 3. The average Bonchev–Trinajstić information content (AvgIpc) is 3.20. The molecule has 0 saturated heterocycles. The highest BCUT2D eigenvalue weighted by molar-refractivity contribution is 9.10. The van der Waals surface area contributed by atoms with Crippen LogP contribution in [0.5, 0.6) is 34.8 Å². The van der Waals surface area contributed by atoms with Crippen LogP contribution in [0, 0.1) is 0 Å². The van der Waals surface area contributed by atoms with E-state index in [9.17, 15) is 36.7 Å². The van der Waals surface area contributed by atoms with E-state index in [2.05, 4.69) is 36.1 Å². The molecule has 4 heterocycles. The number of nitrogens with one attached hydrogen (secondary N) is 3. The Balaban J connectivity index is 0.000000275. The molecule has 0 amide bonds. The van der Waals surface area contributed by atoms with Crippen LogP contribution in [-0.2, 0) is 0 Å². The van der Waals surface area contributed by atoms with Crippen molar-refractivity contribution < 1.29 is 36.5 Å². The molecule has 0 aliphatic carbocycles. The smallest absolute Gasteiger partial charge is 0.349 e. The minimum Gasteiger partial charge on any atom is -0.494 e. The Hall–Kier alpha value is -4.72. The van der Waals surface area contributed by atoms with E-state index in [0.29, 0.717) is 37.9 Å². The summed E-state index contributed by atoms with van der Waals surface area (Å²) in [7, 11) is 3.11. The summed E-state index contributed by atoms with van der Waals surface area (Å²) in [5.41, 5.74) is -6.53. The van der Waals surface area contributed by atoms with Gasteiger partial charge < -0.3 is 18.9 Å². The topological polar surface area (TPSA) is 209 Å². The standard InChI is InChI=1S/C17H12Cl2F2N4O4S.C13H10BrCl2NO2S.C4H3F2N3O2.B/c1-28-10-6-22-12(5-11(10)30-2)29-14-8(18)3-7(4-9(14)19)25-17(27)23-16(26)13(24-25)15(20)21;1-18-10-6-17-12(5-11(10)20-2)19-13-8(15)3-7(14)4-9(13)16;5-2(6)1-3(10)7-4(11)9-8-1;/h3-6,15H,1-2H3,(H,23,26,27);3-6H,1-2H3;2H,(H2,7,9,10,11);. The molecule has 6 rings (SSSR count). The largest absolute Gasteiger partial charge is 0.494 e. The van der Waals surface area contributed by atoms with Crippen molar-refractivity contribution in [3.05, 3.63) is 126 Å². The molecule has 28 heteroatoms. The first kappa shape index (κ1) is 51.6. The number of halogens is 9. The molecule has 0 unspecified atom stereocenters. The van der Waals surface area contributed by atoms with Crippen molar-refractivity contribution in [2.45, 2.75) is 22.6 Å². The van der Waals surface area contributed by atoms with Crippen LogP contribution in [0.4, 0.5) is 17.6 Å². The molecule has 0 saturated carbocycles. The number of nitrogens with zero attached hydrogens (tertiary/aromatic N) is 5. The van der Waals surface area contributed by atoms with Crippen molar-refractivity contribution in [2.75, 3.05) is 26.7 Å². The van der Waals surface area contributed by atoms with Crippen molar-refractivity contribution in [3.8, 4) is 40.4 Å². The molecule has 0 spiro atoms. The molecule has 0 aliphatic heterocycles. The summed E-state index contributed by atoms with van der Waals surface area (Å²) in [6.45, 7) is 0. The van der Waals surface area contributed by atoms with Crippen molar-refractivity contribution >= 4 is 94.3 Å². The third-order valence-corrected chi connectivity index (χ3v) is 10.2. The molecule has 0 atom stereocenters. The van der Waals surface area contributed by atoms with Crippen LogP contribution in [0.15, 0.2) is 82.2 Å². The second-order valence-corrected chi connectivity index (χ2v) is 15.2. The van der Waals surface area contributed by atoms with Gasteiger partial charge in [0.15, 0.2) is 34.4 Å². The number of methoxy groups -OCH3 is 2. The number of ether oxygens (including phenoxy) is 4. The summed E-state index contributed by atoms with van der Waals surface area (Å²) in [4.78, 5) is 57.5. The van der Waals surface area contributed by atoms with E-state index in [0.717, 1.165) is 14.3 Å². The van der Waals surface area contributed by atoms with E-state index in [4.69, 9.17) is 65.4 Å². The predicted octanol–water partition coefficient (Wildman–Crippen LogP) is 8.77. The van der Waals surface area contributed by atoms with Gasteiger partial charge in [0.2, 0.25) is 11.8 Å². The fraction of sp³-hybridized carbons (Fsp3) is 0.176. The molecule has 3 radical (unpaired) electrons. The Bertz CT molecular complexity index is 2730. The molecule has 6 aromatic rings. The van der Waals surface area contributed by atoms with Gasteiger partial charge in [-0.15, -0.1) is 23.5 Å². The van der Waals surface area contributed by atoms with Gasteiger partial charge in [-0.3, -0.25) is 19.6 Å². The first-order valence-corrected chi connectivity index (χ1v) is 20.8. The van der Waals surface area contributed by atoms with Crippen LogP contribution in [0.1, 0.15) is 24.2 Å². The number of hydrogen-bond acceptors (Lipinski definition) is 14. The van der Waals surface area contributed by atoms with Crippen molar-refractivity contribution in [1.82, 2.24) is 39.9 Å². The highest BCUT2D eigenvalue weighted by Crippen LogP contribution is 2.41. The van der Waals surface area contributed by atoms with Crippen molar-refractivity contribution in [3.63, 3.8) is 0 Å². The van der Waals surface area contributed by atoms with Crippen LogP contribution >= 0.6 is 85.9 Å². The summed E-state index contributed by atoms with van der Waals surface area (Å²) >= 11 is 30.9. The molecule has 0 fully saturated rings. The first-order valence-electron chi connectivity index (χ1n) is 16.1. The second-order valence-electron chi connectivity index (χ2n) is 10.9. The molecule has 3 N–H and O–H groups in total. The van der Waals surface area contributed by atoms with Gasteiger partial charge in [0.05, 0.1) is 62.2 Å². The number of benzene rings is 2. The zero-order valence-electron chi connectivity index (χ0n) is 31.6. The normalized spacial score (nSPS) is 10.6. The van der Waals surface area contributed by atoms with E-state index in [1.807, 2.05) is 12.5 Å². The molecule has 16 nitrogen and oxygen atoms in total. The molecule has 4 aromatic heterocycles. The van der Waals surface area contributed by atoms with E-state index in [1.165, 1.54) is 49.0 Å². The minimum atomic E-state index is -3.18. The number of alkyl halides is 4. The number of hydrogen-bond donors (Lipinski definition) is 3. The number of thioether (sulfide) groups is 2.